The van der Waals surface area contributed by atoms with Crippen LogP contribution in [0.4, 0.5) is 0 Å². The number of amides is 3. The molecule has 3 atom stereocenters. The molecule has 1 saturated carbocycles. The van der Waals surface area contributed by atoms with Crippen LogP contribution in [-0.4, -0.2) is 53.2 Å². The molecule has 150 valence electrons. The average molecular weight is 384 g/mol. The molecule has 3 aliphatic rings. The molecule has 7 heteroatoms. The van der Waals surface area contributed by atoms with Gasteiger partial charge in [0.2, 0.25) is 11.8 Å². The molecule has 3 unspecified atom stereocenters. The molecule has 2 aliphatic heterocycles. The van der Waals surface area contributed by atoms with E-state index in [9.17, 15) is 14.4 Å². The molecule has 2 fully saturated rings. The second-order valence-corrected chi connectivity index (χ2v) is 8.26. The number of imide groups is 1. The molecule has 1 aliphatic carbocycles. The second kappa shape index (κ2) is 7.64. The van der Waals surface area contributed by atoms with Crippen LogP contribution < -0.4 is 11.1 Å². The molecule has 2 heterocycles. The van der Waals surface area contributed by atoms with Gasteiger partial charge in [0.1, 0.15) is 6.04 Å². The monoisotopic (exact) mass is 384 g/mol. The molecule has 3 N–H and O–H groups in total. The van der Waals surface area contributed by atoms with Crippen LogP contribution in [0.5, 0.6) is 0 Å². The van der Waals surface area contributed by atoms with Crippen molar-refractivity contribution < 1.29 is 14.4 Å². The van der Waals surface area contributed by atoms with Crippen molar-refractivity contribution in [2.75, 3.05) is 13.6 Å². The first-order valence-electron chi connectivity index (χ1n) is 10.1. The zero-order valence-electron chi connectivity index (χ0n) is 16.3. The maximum absolute atomic E-state index is 13.2. The summed E-state index contributed by atoms with van der Waals surface area (Å²) in [4.78, 5) is 40.8. The summed E-state index contributed by atoms with van der Waals surface area (Å²) in [6, 6.07) is 5.83. The standard InChI is InChI=1S/C21H28N4O3/c1-24(16-7-3-4-13(16)10-22)11-14-5-2-6-15-12-25(21(28)19(14)15)17-8-9-18(26)23-20(17)27/h2,5-6,13,16-17H,3-4,7-12,22H2,1H3,(H,23,26,27). The van der Waals surface area contributed by atoms with E-state index in [0.29, 0.717) is 38.0 Å². The Balaban J connectivity index is 1.53. The minimum absolute atomic E-state index is 0.102. The van der Waals surface area contributed by atoms with E-state index in [4.69, 9.17) is 5.73 Å². The van der Waals surface area contributed by atoms with Crippen LogP contribution >= 0.6 is 0 Å². The lowest BCUT2D eigenvalue weighted by Crippen LogP contribution is -2.52. The van der Waals surface area contributed by atoms with E-state index in [-0.39, 0.29) is 24.1 Å². The minimum Gasteiger partial charge on any atom is -0.330 e. The molecule has 0 spiro atoms. The highest BCUT2D eigenvalue weighted by molar-refractivity contribution is 6.05. The molecule has 28 heavy (non-hydrogen) atoms. The highest BCUT2D eigenvalue weighted by Crippen LogP contribution is 2.33. The molecular weight excluding hydrogens is 356 g/mol. The lowest BCUT2D eigenvalue weighted by atomic mass is 9.99. The van der Waals surface area contributed by atoms with Gasteiger partial charge in [-0.2, -0.15) is 0 Å². The van der Waals surface area contributed by atoms with Crippen LogP contribution in [0, 0.1) is 5.92 Å². The van der Waals surface area contributed by atoms with Crippen LogP contribution in [0.2, 0.25) is 0 Å². The van der Waals surface area contributed by atoms with Gasteiger partial charge in [-0.3, -0.25) is 24.6 Å². The van der Waals surface area contributed by atoms with E-state index in [1.54, 1.807) is 4.90 Å². The van der Waals surface area contributed by atoms with E-state index < -0.39 is 6.04 Å². The predicted octanol–water partition coefficient (Wildman–Crippen LogP) is 1.01. The number of fused-ring (bicyclic) bond motifs is 1. The Kier molecular flexibility index (Phi) is 5.21. The number of hydrogen-bond acceptors (Lipinski definition) is 5. The number of piperidine rings is 1. The summed E-state index contributed by atoms with van der Waals surface area (Å²) in [6.07, 6.45) is 4.17. The number of hydrogen-bond donors (Lipinski definition) is 2. The van der Waals surface area contributed by atoms with Crippen molar-refractivity contribution in [2.24, 2.45) is 11.7 Å². The minimum atomic E-state index is -0.570. The quantitative estimate of drug-likeness (QED) is 0.739. The Morgan fingerprint density at radius 3 is 2.79 bits per heavy atom. The maximum Gasteiger partial charge on any atom is 0.255 e. The van der Waals surface area contributed by atoms with Crippen molar-refractivity contribution in [3.63, 3.8) is 0 Å². The molecule has 1 saturated heterocycles. The molecular formula is C21H28N4O3. The van der Waals surface area contributed by atoms with E-state index >= 15 is 0 Å². The molecule has 1 aromatic carbocycles. The molecule has 0 aromatic heterocycles. The fraction of sp³-hybridized carbons (Fsp3) is 0.571. The fourth-order valence-corrected chi connectivity index (χ4v) is 5.08. The molecule has 7 nitrogen and oxygen atoms in total. The van der Waals surface area contributed by atoms with E-state index in [1.165, 1.54) is 12.8 Å². The third kappa shape index (κ3) is 3.33. The maximum atomic E-state index is 13.2. The van der Waals surface area contributed by atoms with Gasteiger partial charge in [-0.25, -0.2) is 0 Å². The van der Waals surface area contributed by atoms with Crippen molar-refractivity contribution in [1.82, 2.24) is 15.1 Å². The van der Waals surface area contributed by atoms with Gasteiger partial charge < -0.3 is 10.6 Å². The Morgan fingerprint density at radius 1 is 1.21 bits per heavy atom. The SMILES string of the molecule is CN(Cc1cccc2c1C(=O)N(C1CCC(=O)NC1=O)C2)C1CCCC1CN. The fourth-order valence-electron chi connectivity index (χ4n) is 5.08. The third-order valence-electron chi connectivity index (χ3n) is 6.55. The van der Waals surface area contributed by atoms with Crippen molar-refractivity contribution in [1.29, 1.82) is 0 Å². The van der Waals surface area contributed by atoms with E-state index in [0.717, 1.165) is 23.1 Å². The Morgan fingerprint density at radius 2 is 2.04 bits per heavy atom. The van der Waals surface area contributed by atoms with E-state index in [2.05, 4.69) is 17.3 Å². The lowest BCUT2D eigenvalue weighted by Gasteiger charge is -2.30. The van der Waals surface area contributed by atoms with Crippen LogP contribution in [-0.2, 0) is 22.7 Å². The summed E-state index contributed by atoms with van der Waals surface area (Å²) >= 11 is 0. The summed E-state index contributed by atoms with van der Waals surface area (Å²) < 4.78 is 0. The van der Waals surface area contributed by atoms with Crippen molar-refractivity contribution in [2.45, 2.75) is 57.3 Å². The van der Waals surface area contributed by atoms with Gasteiger partial charge in [-0.15, -0.1) is 0 Å². The zero-order valence-corrected chi connectivity index (χ0v) is 16.3. The lowest BCUT2D eigenvalue weighted by molar-refractivity contribution is -0.136. The smallest absolute Gasteiger partial charge is 0.255 e. The number of nitrogens with zero attached hydrogens (tertiary/aromatic N) is 2. The summed E-state index contributed by atoms with van der Waals surface area (Å²) in [6.45, 7) is 1.82. The van der Waals surface area contributed by atoms with Crippen molar-refractivity contribution >= 4 is 17.7 Å². The van der Waals surface area contributed by atoms with E-state index in [1.807, 2.05) is 18.2 Å². The zero-order chi connectivity index (χ0) is 19.8. The number of nitrogens with one attached hydrogen (secondary N) is 1. The number of benzene rings is 1. The highest BCUT2D eigenvalue weighted by atomic mass is 16.2. The summed E-state index contributed by atoms with van der Waals surface area (Å²) in [5, 5.41) is 2.36. The van der Waals surface area contributed by atoms with Gasteiger partial charge in [-0.05, 0) is 49.9 Å². The van der Waals surface area contributed by atoms with Crippen LogP contribution in [0.15, 0.2) is 18.2 Å². The first-order valence-corrected chi connectivity index (χ1v) is 10.1. The molecule has 4 rings (SSSR count). The van der Waals surface area contributed by atoms with Crippen LogP contribution in [0.1, 0.15) is 53.6 Å². The number of carbonyl (C=O) groups excluding carboxylic acids is 3. The Bertz CT molecular complexity index is 809. The predicted molar refractivity (Wildman–Crippen MR) is 104 cm³/mol. The van der Waals surface area contributed by atoms with Gasteiger partial charge in [0.15, 0.2) is 0 Å². The summed E-state index contributed by atoms with van der Waals surface area (Å²) in [5.41, 5.74) is 8.63. The van der Waals surface area contributed by atoms with Gasteiger partial charge >= 0.3 is 0 Å². The number of carbonyl (C=O) groups is 3. The average Bonchev–Trinajstić information content (AvgIpc) is 3.27. The van der Waals surface area contributed by atoms with Gasteiger partial charge in [0.05, 0.1) is 0 Å². The van der Waals surface area contributed by atoms with Gasteiger partial charge in [0, 0.05) is 31.1 Å². The molecule has 3 amide bonds. The second-order valence-electron chi connectivity index (χ2n) is 8.26. The summed E-state index contributed by atoms with van der Waals surface area (Å²) in [7, 11) is 2.11. The number of rotatable bonds is 5. The largest absolute Gasteiger partial charge is 0.330 e. The van der Waals surface area contributed by atoms with Gasteiger partial charge in [0.25, 0.3) is 5.91 Å². The highest BCUT2D eigenvalue weighted by Gasteiger charge is 2.40. The van der Waals surface area contributed by atoms with Crippen LogP contribution in [0.3, 0.4) is 0 Å². The van der Waals surface area contributed by atoms with Gasteiger partial charge in [-0.1, -0.05) is 24.6 Å². The first kappa shape index (κ1) is 19.1. The normalized spacial score (nSPS) is 27.5. The van der Waals surface area contributed by atoms with Crippen molar-refractivity contribution in [3.8, 4) is 0 Å². The number of nitrogens with two attached hydrogens (primary N) is 1. The topological polar surface area (TPSA) is 95.7 Å². The molecule has 0 bridgehead atoms. The molecule has 0 radical (unpaired) electrons. The summed E-state index contributed by atoms with van der Waals surface area (Å²) in [5.74, 6) is -0.223. The Hall–Kier alpha value is -2.25. The van der Waals surface area contributed by atoms with Crippen LogP contribution in [0.25, 0.3) is 0 Å². The first-order chi connectivity index (χ1) is 13.5. The Labute approximate surface area is 165 Å². The molecule has 1 aromatic rings. The van der Waals surface area contributed by atoms with Crippen molar-refractivity contribution in [3.05, 3.63) is 34.9 Å². The third-order valence-corrected chi connectivity index (χ3v) is 6.55.